The summed E-state index contributed by atoms with van der Waals surface area (Å²) in [5.74, 6) is -0.444. The van der Waals surface area contributed by atoms with Crippen molar-refractivity contribution >= 4 is 34.1 Å². The number of aromatic nitrogens is 3. The molecule has 1 aliphatic heterocycles. The monoisotopic (exact) mass is 351 g/mol. The molecule has 1 amide bonds. The number of hydrogen-bond donors (Lipinski definition) is 3. The number of hydrogen-bond acceptors (Lipinski definition) is 6. The first kappa shape index (κ1) is 16.2. The summed E-state index contributed by atoms with van der Waals surface area (Å²) in [5.41, 5.74) is 1.52. The van der Waals surface area contributed by atoms with Gasteiger partial charge in [-0.2, -0.15) is 0 Å². The fourth-order valence-corrected chi connectivity index (χ4v) is 3.12. The normalized spacial score (nSPS) is 18.9. The number of rotatable bonds is 4. The number of pyridine rings is 2. The van der Waals surface area contributed by atoms with Crippen molar-refractivity contribution in [2.45, 2.75) is 12.5 Å². The number of fused-ring (bicyclic) bond motifs is 3. The third-order valence-electron chi connectivity index (χ3n) is 4.43. The van der Waals surface area contributed by atoms with Crippen molar-refractivity contribution in [3.05, 3.63) is 48.0 Å². The molecule has 132 valence electrons. The van der Waals surface area contributed by atoms with E-state index in [-0.39, 0.29) is 18.3 Å². The van der Waals surface area contributed by atoms with Gasteiger partial charge in [0.25, 0.3) is 5.91 Å². The Morgan fingerprint density at radius 2 is 2.15 bits per heavy atom. The molecule has 0 unspecified atom stereocenters. The van der Waals surface area contributed by atoms with E-state index in [0.717, 1.165) is 0 Å². The molecule has 3 aromatic rings. The maximum atomic E-state index is 12.9. The summed E-state index contributed by atoms with van der Waals surface area (Å²) in [7, 11) is 1.53. The Balaban J connectivity index is 1.88. The van der Waals surface area contributed by atoms with Crippen molar-refractivity contribution in [2.75, 3.05) is 24.4 Å². The fourth-order valence-electron chi connectivity index (χ4n) is 3.12. The van der Waals surface area contributed by atoms with Crippen molar-refractivity contribution in [3.8, 4) is 0 Å². The van der Waals surface area contributed by atoms with Crippen molar-refractivity contribution in [3.63, 3.8) is 0 Å². The molecule has 0 aliphatic carbocycles. The van der Waals surface area contributed by atoms with Crippen LogP contribution in [0.1, 0.15) is 23.0 Å². The molecule has 3 N–H and O–H groups in total. The summed E-state index contributed by atoms with van der Waals surface area (Å²) in [6.45, 7) is 1.92. The number of methoxy groups -OCH3 is 1. The van der Waals surface area contributed by atoms with Gasteiger partial charge in [0.2, 0.25) is 5.78 Å². The van der Waals surface area contributed by atoms with Crippen LogP contribution in [0.25, 0.3) is 11.0 Å². The fraction of sp³-hybridized carbons (Fsp3) is 0.222. The topological polar surface area (TPSA) is 109 Å². The molecule has 0 saturated heterocycles. The summed E-state index contributed by atoms with van der Waals surface area (Å²) in [5, 5.41) is 6.68. The van der Waals surface area contributed by atoms with Gasteiger partial charge in [-0.3, -0.25) is 14.6 Å². The van der Waals surface area contributed by atoms with Crippen LogP contribution in [-0.2, 0) is 9.53 Å². The SMILES string of the molecule is COC[C@]1(C)Nc2c(cnc3[nH]cc(C(=O)c4ccccn4)c23)NC1=O. The average Bonchev–Trinajstić information content (AvgIpc) is 3.08. The van der Waals surface area contributed by atoms with E-state index in [2.05, 4.69) is 25.6 Å². The largest absolute Gasteiger partial charge is 0.382 e. The smallest absolute Gasteiger partial charge is 0.252 e. The van der Waals surface area contributed by atoms with E-state index >= 15 is 0 Å². The Kier molecular flexibility index (Phi) is 3.69. The van der Waals surface area contributed by atoms with Gasteiger partial charge >= 0.3 is 0 Å². The van der Waals surface area contributed by atoms with Crippen LogP contribution in [0.3, 0.4) is 0 Å². The van der Waals surface area contributed by atoms with E-state index in [1.165, 1.54) is 7.11 Å². The molecule has 0 fully saturated rings. The van der Waals surface area contributed by atoms with Gasteiger partial charge in [-0.25, -0.2) is 4.98 Å². The molecule has 1 aliphatic rings. The molecular formula is C18H17N5O3. The van der Waals surface area contributed by atoms with E-state index in [1.54, 1.807) is 43.7 Å². The van der Waals surface area contributed by atoms with Gasteiger partial charge in [0.15, 0.2) is 0 Å². The van der Waals surface area contributed by atoms with Crippen LogP contribution < -0.4 is 10.6 Å². The maximum Gasteiger partial charge on any atom is 0.252 e. The van der Waals surface area contributed by atoms with E-state index in [0.29, 0.717) is 33.7 Å². The molecule has 4 rings (SSSR count). The molecule has 0 saturated carbocycles. The van der Waals surface area contributed by atoms with Crippen LogP contribution in [0.5, 0.6) is 0 Å². The molecule has 0 radical (unpaired) electrons. The molecule has 26 heavy (non-hydrogen) atoms. The minimum absolute atomic E-state index is 0.177. The lowest BCUT2D eigenvalue weighted by Gasteiger charge is -2.35. The lowest BCUT2D eigenvalue weighted by Crippen LogP contribution is -2.53. The van der Waals surface area contributed by atoms with Crippen LogP contribution in [0.15, 0.2) is 36.8 Å². The lowest BCUT2D eigenvalue weighted by atomic mass is 9.96. The Morgan fingerprint density at radius 3 is 2.88 bits per heavy atom. The number of nitrogens with zero attached hydrogens (tertiary/aromatic N) is 2. The zero-order valence-electron chi connectivity index (χ0n) is 14.3. The maximum absolute atomic E-state index is 12.9. The number of ether oxygens (including phenoxy) is 1. The Hall–Kier alpha value is -3.26. The predicted octanol–water partition coefficient (Wildman–Crippen LogP) is 1.96. The van der Waals surface area contributed by atoms with Crippen LogP contribution in [-0.4, -0.2) is 45.9 Å². The summed E-state index contributed by atoms with van der Waals surface area (Å²) in [4.78, 5) is 36.8. The molecule has 4 heterocycles. The van der Waals surface area contributed by atoms with Crippen LogP contribution in [0, 0.1) is 0 Å². The number of nitrogens with one attached hydrogen (secondary N) is 3. The Morgan fingerprint density at radius 1 is 1.31 bits per heavy atom. The number of anilines is 2. The van der Waals surface area contributed by atoms with Crippen molar-refractivity contribution in [1.29, 1.82) is 0 Å². The van der Waals surface area contributed by atoms with E-state index in [1.807, 2.05) is 0 Å². The van der Waals surface area contributed by atoms with E-state index in [9.17, 15) is 9.59 Å². The minimum Gasteiger partial charge on any atom is -0.382 e. The van der Waals surface area contributed by atoms with Gasteiger partial charge in [0, 0.05) is 19.5 Å². The molecule has 0 bridgehead atoms. The Bertz CT molecular complexity index is 1010. The molecule has 8 heteroatoms. The highest BCUT2D eigenvalue weighted by molar-refractivity contribution is 6.21. The molecule has 0 aromatic carbocycles. The highest BCUT2D eigenvalue weighted by Gasteiger charge is 2.39. The Labute approximate surface area is 149 Å². The van der Waals surface area contributed by atoms with Gasteiger partial charge in [-0.05, 0) is 19.1 Å². The first-order valence-electron chi connectivity index (χ1n) is 8.08. The van der Waals surface area contributed by atoms with Crippen LogP contribution in [0.4, 0.5) is 11.4 Å². The highest BCUT2D eigenvalue weighted by Crippen LogP contribution is 2.38. The summed E-state index contributed by atoms with van der Waals surface area (Å²) >= 11 is 0. The second-order valence-electron chi connectivity index (χ2n) is 6.36. The number of carbonyl (C=O) groups excluding carboxylic acids is 2. The molecule has 0 spiro atoms. The highest BCUT2D eigenvalue weighted by atomic mass is 16.5. The van der Waals surface area contributed by atoms with Crippen LogP contribution >= 0.6 is 0 Å². The van der Waals surface area contributed by atoms with Crippen LogP contribution in [0.2, 0.25) is 0 Å². The number of H-pyrrole nitrogens is 1. The average molecular weight is 351 g/mol. The first-order valence-corrected chi connectivity index (χ1v) is 8.08. The van der Waals surface area contributed by atoms with Gasteiger partial charge in [0.1, 0.15) is 16.9 Å². The predicted molar refractivity (Wildman–Crippen MR) is 96.3 cm³/mol. The summed E-state index contributed by atoms with van der Waals surface area (Å²) in [6.07, 6.45) is 4.74. The van der Waals surface area contributed by atoms with E-state index in [4.69, 9.17) is 4.74 Å². The molecule has 1 atom stereocenters. The minimum atomic E-state index is -0.960. The number of amides is 1. The lowest BCUT2D eigenvalue weighted by molar-refractivity contribution is -0.121. The van der Waals surface area contributed by atoms with Gasteiger partial charge < -0.3 is 20.4 Å². The van der Waals surface area contributed by atoms with Crippen molar-refractivity contribution < 1.29 is 14.3 Å². The van der Waals surface area contributed by atoms with E-state index < -0.39 is 5.54 Å². The van der Waals surface area contributed by atoms with Gasteiger partial charge in [-0.1, -0.05) is 6.07 Å². The number of carbonyl (C=O) groups is 2. The standard InChI is InChI=1S/C18H17N5O3/c1-18(9-26-2)17(25)22-12-8-21-16-13(14(12)23-18)10(7-20-16)15(24)11-5-3-4-6-19-11/h3-8,23H,9H2,1-2H3,(H,20,21)(H,22,25)/t18-/m0/s1. The quantitative estimate of drug-likeness (QED) is 0.620. The third-order valence-corrected chi connectivity index (χ3v) is 4.43. The zero-order valence-corrected chi connectivity index (χ0v) is 14.3. The summed E-state index contributed by atoms with van der Waals surface area (Å²) in [6, 6.07) is 5.17. The second kappa shape index (κ2) is 5.92. The number of ketones is 1. The second-order valence-corrected chi connectivity index (χ2v) is 6.36. The third kappa shape index (κ3) is 2.42. The van der Waals surface area contributed by atoms with Crippen molar-refractivity contribution in [2.24, 2.45) is 0 Å². The zero-order chi connectivity index (χ0) is 18.3. The number of aromatic amines is 1. The van der Waals surface area contributed by atoms with Crippen molar-refractivity contribution in [1.82, 2.24) is 15.0 Å². The van der Waals surface area contributed by atoms with Gasteiger partial charge in [-0.15, -0.1) is 0 Å². The molecular weight excluding hydrogens is 334 g/mol. The molecule has 8 nitrogen and oxygen atoms in total. The summed E-state index contributed by atoms with van der Waals surface area (Å²) < 4.78 is 5.19. The van der Waals surface area contributed by atoms with Gasteiger partial charge in [0.05, 0.1) is 35.1 Å². The molecule has 3 aromatic heterocycles. The first-order chi connectivity index (χ1) is 12.5.